The molecule has 3 nitrogen and oxygen atoms in total. The summed E-state index contributed by atoms with van der Waals surface area (Å²) < 4.78 is 0. The first kappa shape index (κ1) is 15.6. The van der Waals surface area contributed by atoms with Gasteiger partial charge in [-0.15, -0.1) is 0 Å². The summed E-state index contributed by atoms with van der Waals surface area (Å²) in [4.78, 5) is 14.7. The number of carbonyl (C=O) groups excluding carboxylic acids is 1. The highest BCUT2D eigenvalue weighted by atomic mass is 16.2. The Balaban J connectivity index is 1.78. The summed E-state index contributed by atoms with van der Waals surface area (Å²) in [5, 5.41) is 3.07. The molecule has 0 bridgehead atoms. The Hall–Kier alpha value is -2.29. The lowest BCUT2D eigenvalue weighted by Crippen LogP contribution is -2.34. The fraction of sp³-hybridized carbons (Fsp3) is 0.350. The highest BCUT2D eigenvalue weighted by molar-refractivity contribution is 5.90. The van der Waals surface area contributed by atoms with Crippen molar-refractivity contribution in [3.63, 3.8) is 0 Å². The Labute approximate surface area is 138 Å². The molecule has 0 aliphatic carbocycles. The number of nitrogens with one attached hydrogen (secondary N) is 1. The third kappa shape index (κ3) is 3.55. The van der Waals surface area contributed by atoms with Crippen molar-refractivity contribution in [3.05, 3.63) is 64.7 Å². The zero-order valence-corrected chi connectivity index (χ0v) is 14.1. The van der Waals surface area contributed by atoms with Gasteiger partial charge in [0.25, 0.3) is 0 Å². The second-order valence-electron chi connectivity index (χ2n) is 6.57. The summed E-state index contributed by atoms with van der Waals surface area (Å²) in [5.74, 6) is 0. The normalized spacial score (nSPS) is 17.3. The van der Waals surface area contributed by atoms with Crippen LogP contribution >= 0.6 is 0 Å². The molecule has 2 aromatic rings. The van der Waals surface area contributed by atoms with Crippen LogP contribution in [0, 0.1) is 20.8 Å². The van der Waals surface area contributed by atoms with E-state index in [9.17, 15) is 4.79 Å². The predicted octanol–water partition coefficient (Wildman–Crippen LogP) is 4.98. The summed E-state index contributed by atoms with van der Waals surface area (Å²) in [7, 11) is 0. The van der Waals surface area contributed by atoms with Gasteiger partial charge in [-0.1, -0.05) is 35.9 Å². The van der Waals surface area contributed by atoms with E-state index >= 15 is 0 Å². The second-order valence-corrected chi connectivity index (χ2v) is 6.57. The molecule has 2 amide bonds. The molecule has 0 aromatic heterocycles. The molecule has 1 atom stereocenters. The van der Waals surface area contributed by atoms with Crippen molar-refractivity contribution in [3.8, 4) is 0 Å². The van der Waals surface area contributed by atoms with Gasteiger partial charge in [0.05, 0.1) is 6.04 Å². The van der Waals surface area contributed by atoms with Gasteiger partial charge < -0.3 is 10.2 Å². The molecule has 0 spiro atoms. The summed E-state index contributed by atoms with van der Waals surface area (Å²) in [6, 6.07) is 14.8. The average molecular weight is 308 g/mol. The lowest BCUT2D eigenvalue weighted by molar-refractivity contribution is 0.207. The van der Waals surface area contributed by atoms with Crippen molar-refractivity contribution in [2.24, 2.45) is 0 Å². The molecule has 1 aliphatic rings. The fourth-order valence-corrected chi connectivity index (χ4v) is 3.48. The highest BCUT2D eigenvalue weighted by Gasteiger charge is 2.30. The lowest BCUT2D eigenvalue weighted by atomic mass is 10.0. The van der Waals surface area contributed by atoms with E-state index in [2.05, 4.69) is 42.6 Å². The number of carbonyl (C=O) groups is 1. The molecule has 120 valence electrons. The maximum Gasteiger partial charge on any atom is 0.322 e. The van der Waals surface area contributed by atoms with Crippen LogP contribution in [0.15, 0.2) is 42.5 Å². The quantitative estimate of drug-likeness (QED) is 0.833. The molecular weight excluding hydrogens is 284 g/mol. The van der Waals surface area contributed by atoms with Crippen LogP contribution in [0.5, 0.6) is 0 Å². The fourth-order valence-electron chi connectivity index (χ4n) is 3.48. The van der Waals surface area contributed by atoms with Crippen molar-refractivity contribution in [2.45, 2.75) is 39.7 Å². The summed E-state index contributed by atoms with van der Waals surface area (Å²) in [6.07, 6.45) is 2.09. The molecule has 23 heavy (non-hydrogen) atoms. The second kappa shape index (κ2) is 6.45. The van der Waals surface area contributed by atoms with E-state index in [0.29, 0.717) is 0 Å². The van der Waals surface area contributed by atoms with E-state index in [1.165, 1.54) is 11.1 Å². The monoisotopic (exact) mass is 308 g/mol. The number of nitrogens with zero attached hydrogens (tertiary/aromatic N) is 1. The molecular formula is C20H24N2O. The van der Waals surface area contributed by atoms with E-state index in [1.54, 1.807) is 0 Å². The van der Waals surface area contributed by atoms with Crippen LogP contribution in [0.4, 0.5) is 10.5 Å². The molecule has 3 rings (SSSR count). The number of aryl methyl sites for hydroxylation is 3. The molecule has 0 unspecified atom stereocenters. The van der Waals surface area contributed by atoms with Crippen LogP contribution in [0.1, 0.15) is 41.1 Å². The van der Waals surface area contributed by atoms with Gasteiger partial charge in [-0.05, 0) is 62.4 Å². The standard InChI is InChI=1S/C20H24N2O/c1-14-6-4-7-17(11-14)19-8-5-9-22(19)20(23)21-18-12-15(2)10-16(3)13-18/h4,6-7,10-13,19H,5,8-9H2,1-3H3,(H,21,23)/t19-/m0/s1. The third-order valence-corrected chi connectivity index (χ3v) is 4.41. The van der Waals surface area contributed by atoms with E-state index in [-0.39, 0.29) is 12.1 Å². The molecule has 1 saturated heterocycles. The van der Waals surface area contributed by atoms with Gasteiger partial charge in [0.2, 0.25) is 0 Å². The van der Waals surface area contributed by atoms with E-state index < -0.39 is 0 Å². The summed E-state index contributed by atoms with van der Waals surface area (Å²) in [6.45, 7) is 7.01. The molecule has 3 heteroatoms. The number of hydrogen-bond acceptors (Lipinski definition) is 1. The maximum absolute atomic E-state index is 12.7. The first-order valence-corrected chi connectivity index (χ1v) is 8.25. The number of hydrogen-bond donors (Lipinski definition) is 1. The van der Waals surface area contributed by atoms with Crippen LogP contribution in [-0.2, 0) is 0 Å². The smallest absolute Gasteiger partial charge is 0.317 e. The van der Waals surface area contributed by atoms with E-state index in [0.717, 1.165) is 36.2 Å². The minimum atomic E-state index is -0.000920. The molecule has 2 aromatic carbocycles. The molecule has 1 fully saturated rings. The Bertz CT molecular complexity index is 703. The maximum atomic E-state index is 12.7. The highest BCUT2D eigenvalue weighted by Crippen LogP contribution is 2.32. The first-order valence-electron chi connectivity index (χ1n) is 8.25. The van der Waals surface area contributed by atoms with Gasteiger partial charge in [-0.2, -0.15) is 0 Å². The molecule has 1 aliphatic heterocycles. The molecule has 0 saturated carbocycles. The lowest BCUT2D eigenvalue weighted by Gasteiger charge is -2.26. The first-order chi connectivity index (χ1) is 11.0. The minimum absolute atomic E-state index is 0.000920. The van der Waals surface area contributed by atoms with Crippen molar-refractivity contribution < 1.29 is 4.79 Å². The van der Waals surface area contributed by atoms with Crippen LogP contribution in [0.3, 0.4) is 0 Å². The zero-order chi connectivity index (χ0) is 16.4. The van der Waals surface area contributed by atoms with E-state index in [4.69, 9.17) is 0 Å². The van der Waals surface area contributed by atoms with E-state index in [1.807, 2.05) is 30.9 Å². The van der Waals surface area contributed by atoms with Crippen LogP contribution in [-0.4, -0.2) is 17.5 Å². The minimum Gasteiger partial charge on any atom is -0.317 e. The van der Waals surface area contributed by atoms with Crippen molar-refractivity contribution in [1.82, 2.24) is 4.90 Å². The Morgan fingerprint density at radius 1 is 1.04 bits per heavy atom. The van der Waals surface area contributed by atoms with Crippen molar-refractivity contribution in [2.75, 3.05) is 11.9 Å². The van der Waals surface area contributed by atoms with Gasteiger partial charge in [-0.3, -0.25) is 0 Å². The predicted molar refractivity (Wildman–Crippen MR) is 94.8 cm³/mol. The van der Waals surface area contributed by atoms with Crippen LogP contribution in [0.2, 0.25) is 0 Å². The average Bonchev–Trinajstić information content (AvgIpc) is 2.95. The molecule has 0 radical (unpaired) electrons. The zero-order valence-electron chi connectivity index (χ0n) is 14.1. The summed E-state index contributed by atoms with van der Waals surface area (Å²) in [5.41, 5.74) is 5.68. The van der Waals surface area contributed by atoms with Crippen molar-refractivity contribution in [1.29, 1.82) is 0 Å². The Kier molecular flexibility index (Phi) is 4.37. The number of anilines is 1. The number of amides is 2. The van der Waals surface area contributed by atoms with Crippen LogP contribution < -0.4 is 5.32 Å². The number of urea groups is 1. The van der Waals surface area contributed by atoms with Gasteiger partial charge >= 0.3 is 6.03 Å². The van der Waals surface area contributed by atoms with Gasteiger partial charge in [0, 0.05) is 12.2 Å². The number of benzene rings is 2. The third-order valence-electron chi connectivity index (χ3n) is 4.41. The molecule has 1 heterocycles. The molecule has 1 N–H and O–H groups in total. The Morgan fingerprint density at radius 3 is 2.48 bits per heavy atom. The topological polar surface area (TPSA) is 32.3 Å². The number of likely N-dealkylation sites (tertiary alicyclic amines) is 1. The van der Waals surface area contributed by atoms with Crippen molar-refractivity contribution >= 4 is 11.7 Å². The Morgan fingerprint density at radius 2 is 1.78 bits per heavy atom. The largest absolute Gasteiger partial charge is 0.322 e. The SMILES string of the molecule is Cc1cc(C)cc(NC(=O)N2CCC[C@H]2c2cccc(C)c2)c1. The number of rotatable bonds is 2. The summed E-state index contributed by atoms with van der Waals surface area (Å²) >= 11 is 0. The van der Waals surface area contributed by atoms with Crippen LogP contribution in [0.25, 0.3) is 0 Å². The van der Waals surface area contributed by atoms with Gasteiger partial charge in [0.1, 0.15) is 0 Å². The van der Waals surface area contributed by atoms with Gasteiger partial charge in [0.15, 0.2) is 0 Å². The van der Waals surface area contributed by atoms with Gasteiger partial charge in [-0.25, -0.2) is 4.79 Å².